The van der Waals surface area contributed by atoms with Gasteiger partial charge in [0.1, 0.15) is 27.5 Å². The molecule has 2 rings (SSSR count). The summed E-state index contributed by atoms with van der Waals surface area (Å²) in [5, 5.41) is 6.41. The highest BCUT2D eigenvalue weighted by Crippen LogP contribution is 2.46. The number of rotatable bonds is 10. The molecular formula is C19H30FN3O3S. The average molecular weight is 400 g/mol. The number of benzene rings is 1. The summed E-state index contributed by atoms with van der Waals surface area (Å²) in [6.45, 7) is 5.67. The number of hydrogen-bond acceptors (Lipinski definition) is 4. The quantitative estimate of drug-likeness (QED) is 0.466. The number of nitrogens with zero attached hydrogens (tertiary/aromatic N) is 1. The van der Waals surface area contributed by atoms with Gasteiger partial charge in [-0.2, -0.15) is 0 Å². The molecule has 1 unspecified atom stereocenters. The first-order valence-electron chi connectivity index (χ1n) is 9.37. The molecule has 2 N–H and O–H groups in total. The average Bonchev–Trinajstić information content (AvgIpc) is 3.34. The van der Waals surface area contributed by atoms with Crippen molar-refractivity contribution < 1.29 is 17.5 Å². The first kappa shape index (κ1) is 21.5. The molecule has 1 aromatic carbocycles. The Balaban J connectivity index is 1.92. The van der Waals surface area contributed by atoms with Crippen molar-refractivity contribution in [1.82, 2.24) is 10.6 Å². The van der Waals surface area contributed by atoms with E-state index in [4.69, 9.17) is 4.74 Å². The van der Waals surface area contributed by atoms with Crippen LogP contribution in [0.3, 0.4) is 0 Å². The number of ether oxygens (including phenoxy) is 1. The maximum absolute atomic E-state index is 13.3. The van der Waals surface area contributed by atoms with Crippen molar-refractivity contribution in [2.24, 2.45) is 10.4 Å². The second-order valence-corrected chi connectivity index (χ2v) is 9.39. The molecule has 0 aliphatic heterocycles. The molecule has 6 nitrogen and oxygen atoms in total. The second-order valence-electron chi connectivity index (χ2n) is 7.25. The molecule has 0 aromatic heterocycles. The zero-order chi connectivity index (χ0) is 19.9. The van der Waals surface area contributed by atoms with E-state index in [-0.39, 0.29) is 23.1 Å². The van der Waals surface area contributed by atoms with E-state index >= 15 is 0 Å². The topological polar surface area (TPSA) is 79.8 Å². The third kappa shape index (κ3) is 7.74. The lowest BCUT2D eigenvalue weighted by Gasteiger charge is -2.20. The minimum absolute atomic E-state index is 0.137. The number of nitrogens with one attached hydrogen (secondary N) is 2. The summed E-state index contributed by atoms with van der Waals surface area (Å²) in [4.78, 5) is 4.57. The lowest BCUT2D eigenvalue weighted by molar-refractivity contribution is 0.198. The molecule has 0 bridgehead atoms. The summed E-state index contributed by atoms with van der Waals surface area (Å²) in [6.07, 6.45) is 3.67. The normalized spacial score (nSPS) is 17.3. The summed E-state index contributed by atoms with van der Waals surface area (Å²) >= 11 is 0. The van der Waals surface area contributed by atoms with Crippen LogP contribution in [-0.4, -0.2) is 52.1 Å². The molecular weight excluding hydrogens is 369 g/mol. The minimum atomic E-state index is -3.01. The Kier molecular flexibility index (Phi) is 7.47. The first-order valence-corrected chi connectivity index (χ1v) is 11.4. The highest BCUT2D eigenvalue weighted by atomic mass is 32.2. The Hall–Kier alpha value is -1.83. The molecule has 8 heteroatoms. The van der Waals surface area contributed by atoms with Gasteiger partial charge >= 0.3 is 0 Å². The molecule has 152 valence electrons. The molecule has 1 aromatic rings. The van der Waals surface area contributed by atoms with E-state index in [2.05, 4.69) is 15.6 Å². The molecule has 0 radical (unpaired) electrons. The summed E-state index contributed by atoms with van der Waals surface area (Å²) in [5.41, 5.74) is -0.210. The van der Waals surface area contributed by atoms with Crippen molar-refractivity contribution in [1.29, 1.82) is 0 Å². The number of sulfone groups is 1. The van der Waals surface area contributed by atoms with E-state index in [9.17, 15) is 12.8 Å². The maximum atomic E-state index is 13.3. The lowest BCUT2D eigenvalue weighted by atomic mass is 10.1. The number of aliphatic imine (C=N–C) groups is 1. The lowest BCUT2D eigenvalue weighted by Crippen LogP contribution is -2.43. The van der Waals surface area contributed by atoms with Gasteiger partial charge in [0.15, 0.2) is 5.96 Å². The fourth-order valence-corrected chi connectivity index (χ4v) is 4.37. The fourth-order valence-electron chi connectivity index (χ4n) is 2.88. The van der Waals surface area contributed by atoms with E-state index in [1.165, 1.54) is 18.4 Å². The Morgan fingerprint density at radius 3 is 2.63 bits per heavy atom. The maximum Gasteiger partial charge on any atom is 0.191 e. The fraction of sp³-hybridized carbons (Fsp3) is 0.632. The van der Waals surface area contributed by atoms with Crippen molar-refractivity contribution in [2.45, 2.75) is 39.2 Å². The van der Waals surface area contributed by atoms with Crippen LogP contribution >= 0.6 is 0 Å². The van der Waals surface area contributed by atoms with Gasteiger partial charge in [0.05, 0.1) is 12.3 Å². The van der Waals surface area contributed by atoms with E-state index in [0.717, 1.165) is 19.3 Å². The Bertz CT molecular complexity index is 748. The number of halogens is 1. The molecule has 1 aliphatic carbocycles. The van der Waals surface area contributed by atoms with Gasteiger partial charge in [-0.3, -0.25) is 4.99 Å². The number of hydrogen-bond donors (Lipinski definition) is 2. The summed E-state index contributed by atoms with van der Waals surface area (Å²) in [6, 6.07) is 6.09. The smallest absolute Gasteiger partial charge is 0.191 e. The van der Waals surface area contributed by atoms with Crippen molar-refractivity contribution in [3.63, 3.8) is 0 Å². The predicted molar refractivity (Wildman–Crippen MR) is 106 cm³/mol. The first-order chi connectivity index (χ1) is 12.8. The third-order valence-electron chi connectivity index (χ3n) is 4.49. The van der Waals surface area contributed by atoms with Crippen molar-refractivity contribution in [3.05, 3.63) is 30.1 Å². The molecule has 1 aliphatic rings. The van der Waals surface area contributed by atoms with Crippen LogP contribution in [0.2, 0.25) is 0 Å². The highest BCUT2D eigenvalue weighted by molar-refractivity contribution is 7.90. The van der Waals surface area contributed by atoms with Crippen LogP contribution in [0.15, 0.2) is 29.3 Å². The standard InChI is InChI=1S/C19H30FN3O3S/c1-4-16(26-17-8-6-7-15(20)11-17)12-22-18(21-5-2)23-13-19(9-10-19)14-27(3,24)25/h6-8,11,16H,4-5,9-10,12-14H2,1-3H3,(H2,21,22,23). The molecule has 27 heavy (non-hydrogen) atoms. The van der Waals surface area contributed by atoms with Crippen LogP contribution < -0.4 is 15.4 Å². The molecule has 1 atom stereocenters. The Morgan fingerprint density at radius 1 is 1.33 bits per heavy atom. The van der Waals surface area contributed by atoms with Crippen molar-refractivity contribution >= 4 is 15.8 Å². The molecule has 1 fully saturated rings. The van der Waals surface area contributed by atoms with Crippen LogP contribution in [0.1, 0.15) is 33.1 Å². The largest absolute Gasteiger partial charge is 0.489 e. The van der Waals surface area contributed by atoms with Crippen LogP contribution in [-0.2, 0) is 9.84 Å². The van der Waals surface area contributed by atoms with E-state index in [0.29, 0.717) is 31.3 Å². The van der Waals surface area contributed by atoms with Crippen LogP contribution in [0.5, 0.6) is 5.75 Å². The monoisotopic (exact) mass is 399 g/mol. The summed E-state index contributed by atoms with van der Waals surface area (Å²) in [7, 11) is -3.01. The van der Waals surface area contributed by atoms with Gasteiger partial charge in [-0.15, -0.1) is 0 Å². The van der Waals surface area contributed by atoms with Gasteiger partial charge in [-0.05, 0) is 38.3 Å². The molecule has 0 amide bonds. The van der Waals surface area contributed by atoms with Crippen molar-refractivity contribution in [2.75, 3.05) is 31.6 Å². The molecule has 0 spiro atoms. The third-order valence-corrected chi connectivity index (χ3v) is 5.63. The zero-order valence-corrected chi connectivity index (χ0v) is 17.1. The summed E-state index contributed by atoms with van der Waals surface area (Å²) < 4.78 is 42.3. The van der Waals surface area contributed by atoms with E-state index < -0.39 is 9.84 Å². The Labute approximate surface area is 161 Å². The summed E-state index contributed by atoms with van der Waals surface area (Å²) in [5.74, 6) is 0.989. The van der Waals surface area contributed by atoms with Gasteiger partial charge < -0.3 is 15.4 Å². The van der Waals surface area contributed by atoms with E-state index in [1.54, 1.807) is 12.1 Å². The number of guanidine groups is 1. The second kappa shape index (κ2) is 9.39. The van der Waals surface area contributed by atoms with Gasteiger partial charge in [0.2, 0.25) is 0 Å². The van der Waals surface area contributed by atoms with Gasteiger partial charge in [0.25, 0.3) is 0 Å². The Morgan fingerprint density at radius 2 is 2.07 bits per heavy atom. The zero-order valence-electron chi connectivity index (χ0n) is 16.3. The van der Waals surface area contributed by atoms with Crippen LogP contribution in [0.4, 0.5) is 4.39 Å². The highest BCUT2D eigenvalue weighted by Gasteiger charge is 2.45. The van der Waals surface area contributed by atoms with Gasteiger partial charge in [-0.25, -0.2) is 12.8 Å². The van der Waals surface area contributed by atoms with Crippen LogP contribution in [0.25, 0.3) is 0 Å². The molecule has 0 heterocycles. The minimum Gasteiger partial charge on any atom is -0.489 e. The molecule has 0 saturated heterocycles. The van der Waals surface area contributed by atoms with Crippen LogP contribution in [0, 0.1) is 11.2 Å². The SMILES string of the molecule is CCNC(=NCC1(CS(C)(=O)=O)CC1)NCC(CC)Oc1cccc(F)c1. The van der Waals surface area contributed by atoms with Gasteiger partial charge in [0, 0.05) is 30.8 Å². The van der Waals surface area contributed by atoms with Crippen molar-refractivity contribution in [3.8, 4) is 5.75 Å². The molecule has 1 saturated carbocycles. The van der Waals surface area contributed by atoms with Gasteiger partial charge in [-0.1, -0.05) is 13.0 Å². The predicted octanol–water partition coefficient (Wildman–Crippen LogP) is 2.36. The van der Waals surface area contributed by atoms with E-state index in [1.807, 2.05) is 13.8 Å².